The lowest BCUT2D eigenvalue weighted by atomic mass is 9.96. The molecule has 0 heterocycles. The molecule has 1 N–H and O–H groups in total. The standard InChI is InChI=1S/C20H22N2O2/c1-20(19(23)24,22-16-18-11-6-3-7-12-18)13-8-14-21-15-17-9-4-2-5-10-17/h2-7,9-12,15-16H,8,13-14H2,1H3,(H,23,24). The van der Waals surface area contributed by atoms with Gasteiger partial charge in [0.2, 0.25) is 0 Å². The van der Waals surface area contributed by atoms with Crippen molar-refractivity contribution in [1.29, 1.82) is 0 Å². The van der Waals surface area contributed by atoms with Gasteiger partial charge in [-0.1, -0.05) is 60.7 Å². The number of aliphatic carboxylic acids is 1. The second-order valence-corrected chi connectivity index (χ2v) is 5.80. The van der Waals surface area contributed by atoms with E-state index in [1.165, 1.54) is 0 Å². The van der Waals surface area contributed by atoms with Crippen molar-refractivity contribution in [3.05, 3.63) is 71.8 Å². The van der Waals surface area contributed by atoms with Crippen LogP contribution in [0.5, 0.6) is 0 Å². The second kappa shape index (κ2) is 8.77. The number of carbonyl (C=O) groups is 1. The fraction of sp³-hybridized carbons (Fsp3) is 0.250. The van der Waals surface area contributed by atoms with Crippen molar-refractivity contribution in [3.8, 4) is 0 Å². The summed E-state index contributed by atoms with van der Waals surface area (Å²) in [7, 11) is 0. The van der Waals surface area contributed by atoms with Crippen LogP contribution in [0.2, 0.25) is 0 Å². The van der Waals surface area contributed by atoms with E-state index in [1.54, 1.807) is 13.1 Å². The summed E-state index contributed by atoms with van der Waals surface area (Å²) in [6.45, 7) is 2.23. The minimum Gasteiger partial charge on any atom is -0.479 e. The summed E-state index contributed by atoms with van der Waals surface area (Å²) < 4.78 is 0. The molecule has 4 nitrogen and oxygen atoms in total. The molecule has 1 atom stereocenters. The Hall–Kier alpha value is -2.75. The number of hydrogen-bond donors (Lipinski definition) is 1. The molecule has 2 aromatic carbocycles. The lowest BCUT2D eigenvalue weighted by Crippen LogP contribution is -2.33. The van der Waals surface area contributed by atoms with Crippen molar-refractivity contribution in [2.24, 2.45) is 9.98 Å². The maximum atomic E-state index is 11.6. The van der Waals surface area contributed by atoms with Gasteiger partial charge in [0.15, 0.2) is 5.54 Å². The van der Waals surface area contributed by atoms with Gasteiger partial charge in [0.25, 0.3) is 0 Å². The average molecular weight is 322 g/mol. The Kier molecular flexibility index (Phi) is 6.43. The maximum absolute atomic E-state index is 11.6. The molecule has 0 saturated carbocycles. The van der Waals surface area contributed by atoms with Crippen LogP contribution in [0.25, 0.3) is 0 Å². The van der Waals surface area contributed by atoms with Crippen LogP contribution in [0.4, 0.5) is 0 Å². The summed E-state index contributed by atoms with van der Waals surface area (Å²) >= 11 is 0. The number of carboxylic acids is 1. The largest absolute Gasteiger partial charge is 0.479 e. The van der Waals surface area contributed by atoms with E-state index in [1.807, 2.05) is 66.9 Å². The summed E-state index contributed by atoms with van der Waals surface area (Å²) in [6.07, 6.45) is 4.54. The topological polar surface area (TPSA) is 62.0 Å². The second-order valence-electron chi connectivity index (χ2n) is 5.80. The number of hydrogen-bond acceptors (Lipinski definition) is 3. The smallest absolute Gasteiger partial charge is 0.331 e. The van der Waals surface area contributed by atoms with Gasteiger partial charge >= 0.3 is 5.97 Å². The summed E-state index contributed by atoms with van der Waals surface area (Å²) in [5.41, 5.74) is 0.811. The molecule has 0 saturated heterocycles. The molecule has 0 amide bonds. The van der Waals surface area contributed by atoms with Gasteiger partial charge in [-0.05, 0) is 30.9 Å². The average Bonchev–Trinajstić information content (AvgIpc) is 2.61. The van der Waals surface area contributed by atoms with Crippen LogP contribution in [0.1, 0.15) is 30.9 Å². The first-order valence-electron chi connectivity index (χ1n) is 7.99. The van der Waals surface area contributed by atoms with E-state index in [9.17, 15) is 9.90 Å². The third-order valence-electron chi connectivity index (χ3n) is 3.75. The molecule has 0 aliphatic carbocycles. The van der Waals surface area contributed by atoms with Crippen molar-refractivity contribution < 1.29 is 9.90 Å². The Labute approximate surface area is 142 Å². The van der Waals surface area contributed by atoms with Crippen LogP contribution in [0.3, 0.4) is 0 Å². The molecule has 0 spiro atoms. The highest BCUT2D eigenvalue weighted by Gasteiger charge is 2.31. The normalized spacial score (nSPS) is 14.0. The summed E-state index contributed by atoms with van der Waals surface area (Å²) in [5.74, 6) is -0.915. The van der Waals surface area contributed by atoms with Crippen molar-refractivity contribution >= 4 is 18.4 Å². The first-order chi connectivity index (χ1) is 11.6. The molecule has 0 aliphatic heterocycles. The number of benzene rings is 2. The predicted octanol–water partition coefficient (Wildman–Crippen LogP) is 3.85. The molecule has 0 aliphatic rings. The van der Waals surface area contributed by atoms with Crippen LogP contribution >= 0.6 is 0 Å². The molecular weight excluding hydrogens is 300 g/mol. The summed E-state index contributed by atoms with van der Waals surface area (Å²) in [5, 5.41) is 9.49. The summed E-state index contributed by atoms with van der Waals surface area (Å²) in [4.78, 5) is 20.2. The van der Waals surface area contributed by atoms with Crippen LogP contribution in [0, 0.1) is 0 Å². The Morgan fingerprint density at radius 3 is 2.08 bits per heavy atom. The SMILES string of the molecule is CC(CCCN=Cc1ccccc1)(N=Cc1ccccc1)C(=O)O. The van der Waals surface area contributed by atoms with Gasteiger partial charge in [0, 0.05) is 19.0 Å². The van der Waals surface area contributed by atoms with E-state index in [2.05, 4.69) is 9.98 Å². The molecule has 2 rings (SSSR count). The Bertz CT molecular complexity index is 696. The first kappa shape index (κ1) is 17.6. The van der Waals surface area contributed by atoms with Gasteiger partial charge in [-0.15, -0.1) is 0 Å². The zero-order valence-corrected chi connectivity index (χ0v) is 13.8. The number of nitrogens with zero attached hydrogens (tertiary/aromatic N) is 2. The highest BCUT2D eigenvalue weighted by atomic mass is 16.4. The van der Waals surface area contributed by atoms with Gasteiger partial charge in [-0.25, -0.2) is 4.79 Å². The quantitative estimate of drug-likeness (QED) is 0.593. The number of aliphatic imine (C=N–C) groups is 2. The summed E-state index contributed by atoms with van der Waals surface area (Å²) in [6, 6.07) is 19.4. The Morgan fingerprint density at radius 1 is 1.00 bits per heavy atom. The van der Waals surface area contributed by atoms with Crippen molar-refractivity contribution in [2.45, 2.75) is 25.3 Å². The highest BCUT2D eigenvalue weighted by Crippen LogP contribution is 2.18. The number of rotatable bonds is 8. The fourth-order valence-corrected chi connectivity index (χ4v) is 2.21. The third-order valence-corrected chi connectivity index (χ3v) is 3.75. The molecule has 2 aromatic rings. The molecule has 0 radical (unpaired) electrons. The Morgan fingerprint density at radius 2 is 1.54 bits per heavy atom. The predicted molar refractivity (Wildman–Crippen MR) is 98.2 cm³/mol. The molecule has 0 fully saturated rings. The van der Waals surface area contributed by atoms with Crippen molar-refractivity contribution in [3.63, 3.8) is 0 Å². The minimum atomic E-state index is -1.13. The van der Waals surface area contributed by atoms with E-state index in [0.29, 0.717) is 19.4 Å². The zero-order valence-electron chi connectivity index (χ0n) is 13.8. The fourth-order valence-electron chi connectivity index (χ4n) is 2.21. The van der Waals surface area contributed by atoms with Crippen LogP contribution < -0.4 is 0 Å². The van der Waals surface area contributed by atoms with E-state index in [4.69, 9.17) is 0 Å². The monoisotopic (exact) mass is 322 g/mol. The highest BCUT2D eigenvalue weighted by molar-refractivity contribution is 5.85. The van der Waals surface area contributed by atoms with Crippen LogP contribution in [0.15, 0.2) is 70.6 Å². The van der Waals surface area contributed by atoms with Gasteiger partial charge in [0.1, 0.15) is 0 Å². The van der Waals surface area contributed by atoms with Crippen LogP contribution in [-0.2, 0) is 4.79 Å². The molecule has 124 valence electrons. The minimum absolute atomic E-state index is 0.442. The van der Waals surface area contributed by atoms with E-state index in [-0.39, 0.29) is 0 Å². The van der Waals surface area contributed by atoms with E-state index < -0.39 is 11.5 Å². The molecule has 0 bridgehead atoms. The lowest BCUT2D eigenvalue weighted by Gasteiger charge is -2.19. The van der Waals surface area contributed by atoms with Gasteiger partial charge in [0.05, 0.1) is 0 Å². The maximum Gasteiger partial charge on any atom is 0.331 e. The molecule has 4 heteroatoms. The van der Waals surface area contributed by atoms with Crippen LogP contribution in [-0.4, -0.2) is 35.6 Å². The van der Waals surface area contributed by atoms with Crippen molar-refractivity contribution in [2.75, 3.05) is 6.54 Å². The molecule has 0 aromatic heterocycles. The van der Waals surface area contributed by atoms with Gasteiger partial charge in [-0.2, -0.15) is 0 Å². The molecule has 1 unspecified atom stereocenters. The van der Waals surface area contributed by atoms with Crippen molar-refractivity contribution in [1.82, 2.24) is 0 Å². The van der Waals surface area contributed by atoms with E-state index >= 15 is 0 Å². The molecular formula is C20H22N2O2. The zero-order chi connectivity index (χ0) is 17.3. The Balaban J connectivity index is 1.90. The van der Waals surface area contributed by atoms with Gasteiger partial charge in [-0.3, -0.25) is 9.98 Å². The third kappa shape index (κ3) is 5.47. The number of carboxylic acid groups (broad SMARTS) is 1. The lowest BCUT2D eigenvalue weighted by molar-refractivity contribution is -0.142. The molecule has 24 heavy (non-hydrogen) atoms. The van der Waals surface area contributed by atoms with Gasteiger partial charge < -0.3 is 5.11 Å². The van der Waals surface area contributed by atoms with E-state index in [0.717, 1.165) is 11.1 Å². The first-order valence-corrected chi connectivity index (χ1v) is 7.99.